The lowest BCUT2D eigenvalue weighted by Crippen LogP contribution is -2.21. The Bertz CT molecular complexity index is 921. The zero-order valence-corrected chi connectivity index (χ0v) is 11.8. The molecule has 2 unspecified atom stereocenters. The Labute approximate surface area is 127 Å². The molecule has 0 aliphatic carbocycles. The van der Waals surface area contributed by atoms with Gasteiger partial charge in [0, 0.05) is 29.1 Å². The second-order valence-electron chi connectivity index (χ2n) is 5.58. The Hall–Kier alpha value is -2.88. The second kappa shape index (κ2) is 4.31. The van der Waals surface area contributed by atoms with Gasteiger partial charge >= 0.3 is 0 Å². The standard InChI is InChI=1S/C18H14N4/c1-2-6-12(7-3-1)22-14-9-5-4-8-13(14)15-16-17(21-18(15)22)20-11-10-19-16/h1-11,16-17,21H. The van der Waals surface area contributed by atoms with Crippen molar-refractivity contribution in [1.29, 1.82) is 0 Å². The van der Waals surface area contributed by atoms with E-state index in [0.717, 1.165) is 11.5 Å². The third-order valence-electron chi connectivity index (χ3n) is 4.37. The van der Waals surface area contributed by atoms with Crippen molar-refractivity contribution in [2.24, 2.45) is 9.98 Å². The molecular formula is C18H14N4. The van der Waals surface area contributed by atoms with Crippen LogP contribution in [0.1, 0.15) is 11.6 Å². The number of aliphatic imine (C=N–C) groups is 2. The highest BCUT2D eigenvalue weighted by molar-refractivity contribution is 6.17. The van der Waals surface area contributed by atoms with E-state index in [2.05, 4.69) is 68.4 Å². The third-order valence-corrected chi connectivity index (χ3v) is 4.37. The van der Waals surface area contributed by atoms with Crippen LogP contribution in [0, 0.1) is 0 Å². The first-order valence-electron chi connectivity index (χ1n) is 7.44. The molecule has 22 heavy (non-hydrogen) atoms. The molecule has 3 heterocycles. The minimum absolute atomic E-state index is 0.00886. The van der Waals surface area contributed by atoms with E-state index in [1.54, 1.807) is 12.4 Å². The van der Waals surface area contributed by atoms with Crippen molar-refractivity contribution >= 4 is 29.1 Å². The predicted octanol–water partition coefficient (Wildman–Crippen LogP) is 3.58. The molecule has 2 aromatic carbocycles. The van der Waals surface area contributed by atoms with Crippen LogP contribution < -0.4 is 5.32 Å². The third kappa shape index (κ3) is 1.46. The van der Waals surface area contributed by atoms with Crippen molar-refractivity contribution in [3.8, 4) is 5.69 Å². The first-order valence-corrected chi connectivity index (χ1v) is 7.44. The smallest absolute Gasteiger partial charge is 0.146 e. The molecule has 0 saturated heterocycles. The monoisotopic (exact) mass is 286 g/mol. The van der Waals surface area contributed by atoms with E-state index in [0.29, 0.717) is 0 Å². The molecule has 3 aromatic rings. The maximum atomic E-state index is 4.64. The fraction of sp³-hybridized carbons (Fsp3) is 0.111. The molecule has 2 atom stereocenters. The molecule has 2 aliphatic heterocycles. The molecule has 0 fully saturated rings. The van der Waals surface area contributed by atoms with Gasteiger partial charge in [0.15, 0.2) is 0 Å². The molecule has 1 aromatic heterocycles. The van der Waals surface area contributed by atoms with Gasteiger partial charge < -0.3 is 5.32 Å². The van der Waals surface area contributed by atoms with Gasteiger partial charge in [-0.2, -0.15) is 0 Å². The van der Waals surface area contributed by atoms with E-state index in [1.165, 1.54) is 16.5 Å². The number of para-hydroxylation sites is 2. The summed E-state index contributed by atoms with van der Waals surface area (Å²) in [6, 6.07) is 19.0. The van der Waals surface area contributed by atoms with Gasteiger partial charge in [0.1, 0.15) is 18.0 Å². The number of nitrogens with zero attached hydrogens (tertiary/aromatic N) is 3. The number of hydrogen-bond donors (Lipinski definition) is 1. The molecule has 4 heteroatoms. The number of rotatable bonds is 1. The van der Waals surface area contributed by atoms with Crippen LogP contribution >= 0.6 is 0 Å². The highest BCUT2D eigenvalue weighted by atomic mass is 15.2. The number of hydrogen-bond acceptors (Lipinski definition) is 3. The van der Waals surface area contributed by atoms with Crippen LogP contribution in [0.4, 0.5) is 5.82 Å². The summed E-state index contributed by atoms with van der Waals surface area (Å²) >= 11 is 0. The molecule has 106 valence electrons. The van der Waals surface area contributed by atoms with Gasteiger partial charge in [0.2, 0.25) is 0 Å². The lowest BCUT2D eigenvalue weighted by molar-refractivity contribution is 0.642. The van der Waals surface area contributed by atoms with E-state index >= 15 is 0 Å². The highest BCUT2D eigenvalue weighted by Gasteiger charge is 2.37. The van der Waals surface area contributed by atoms with Gasteiger partial charge in [-0.3, -0.25) is 14.6 Å². The average Bonchev–Trinajstić information content (AvgIpc) is 3.10. The summed E-state index contributed by atoms with van der Waals surface area (Å²) in [6.07, 6.45) is 3.58. The Morgan fingerprint density at radius 2 is 1.64 bits per heavy atom. The van der Waals surface area contributed by atoms with Crippen molar-refractivity contribution in [3.63, 3.8) is 0 Å². The van der Waals surface area contributed by atoms with Crippen molar-refractivity contribution in [1.82, 2.24) is 4.57 Å². The first-order chi connectivity index (χ1) is 10.9. The molecule has 0 bridgehead atoms. The fourth-order valence-corrected chi connectivity index (χ4v) is 3.47. The second-order valence-corrected chi connectivity index (χ2v) is 5.58. The highest BCUT2D eigenvalue weighted by Crippen LogP contribution is 2.45. The lowest BCUT2D eigenvalue weighted by atomic mass is 10.1. The molecule has 5 rings (SSSR count). The van der Waals surface area contributed by atoms with Gasteiger partial charge in [-0.25, -0.2) is 0 Å². The number of nitrogens with one attached hydrogen (secondary N) is 1. The van der Waals surface area contributed by atoms with Crippen LogP contribution in [0.2, 0.25) is 0 Å². The van der Waals surface area contributed by atoms with E-state index in [1.807, 2.05) is 6.07 Å². The predicted molar refractivity (Wildman–Crippen MR) is 90.4 cm³/mol. The van der Waals surface area contributed by atoms with Crippen LogP contribution in [-0.4, -0.2) is 23.2 Å². The Morgan fingerprint density at radius 3 is 2.55 bits per heavy atom. The molecule has 0 amide bonds. The number of anilines is 1. The Morgan fingerprint density at radius 1 is 0.864 bits per heavy atom. The summed E-state index contributed by atoms with van der Waals surface area (Å²) in [5.74, 6) is 1.11. The first kappa shape index (κ1) is 11.7. The molecular weight excluding hydrogens is 272 g/mol. The van der Waals surface area contributed by atoms with E-state index in [-0.39, 0.29) is 12.2 Å². The van der Waals surface area contributed by atoms with Gasteiger partial charge in [0.25, 0.3) is 0 Å². The number of aromatic nitrogens is 1. The normalized spacial score (nSPS) is 21.6. The molecule has 0 radical (unpaired) electrons. The number of benzene rings is 2. The van der Waals surface area contributed by atoms with Crippen molar-refractivity contribution in [2.45, 2.75) is 12.2 Å². The van der Waals surface area contributed by atoms with Crippen molar-refractivity contribution < 1.29 is 0 Å². The van der Waals surface area contributed by atoms with Gasteiger partial charge in [-0.15, -0.1) is 0 Å². The topological polar surface area (TPSA) is 41.7 Å². The zero-order chi connectivity index (χ0) is 14.5. The lowest BCUT2D eigenvalue weighted by Gasteiger charge is -2.16. The van der Waals surface area contributed by atoms with Gasteiger partial charge in [-0.05, 0) is 18.2 Å². The molecule has 1 N–H and O–H groups in total. The summed E-state index contributed by atoms with van der Waals surface area (Å²) in [7, 11) is 0. The largest absolute Gasteiger partial charge is 0.347 e. The van der Waals surface area contributed by atoms with Crippen LogP contribution in [0.5, 0.6) is 0 Å². The summed E-state index contributed by atoms with van der Waals surface area (Å²) in [5.41, 5.74) is 3.60. The summed E-state index contributed by atoms with van der Waals surface area (Å²) in [5, 5.41) is 4.79. The summed E-state index contributed by atoms with van der Waals surface area (Å²) in [6.45, 7) is 0. The fourth-order valence-electron chi connectivity index (χ4n) is 3.47. The quantitative estimate of drug-likeness (QED) is 0.730. The molecule has 4 nitrogen and oxygen atoms in total. The van der Waals surface area contributed by atoms with Crippen LogP contribution in [0.25, 0.3) is 16.6 Å². The molecule has 0 saturated carbocycles. The van der Waals surface area contributed by atoms with Crippen LogP contribution in [0.3, 0.4) is 0 Å². The molecule has 2 aliphatic rings. The van der Waals surface area contributed by atoms with Crippen molar-refractivity contribution in [3.05, 3.63) is 60.2 Å². The number of fused-ring (bicyclic) bond motifs is 5. The van der Waals surface area contributed by atoms with E-state index < -0.39 is 0 Å². The maximum Gasteiger partial charge on any atom is 0.146 e. The van der Waals surface area contributed by atoms with Gasteiger partial charge in [-0.1, -0.05) is 36.4 Å². The van der Waals surface area contributed by atoms with E-state index in [9.17, 15) is 0 Å². The maximum absolute atomic E-state index is 4.64. The Balaban J connectivity index is 1.86. The minimum Gasteiger partial charge on any atom is -0.347 e. The summed E-state index contributed by atoms with van der Waals surface area (Å²) in [4.78, 5) is 9.16. The average molecular weight is 286 g/mol. The molecule has 0 spiro atoms. The van der Waals surface area contributed by atoms with E-state index in [4.69, 9.17) is 0 Å². The SMILES string of the molecule is C1=NC2Nc3c(c4ccccc4n3-c3ccccc3)C2N=C1. The van der Waals surface area contributed by atoms with Crippen LogP contribution in [-0.2, 0) is 0 Å². The van der Waals surface area contributed by atoms with Crippen molar-refractivity contribution in [2.75, 3.05) is 5.32 Å². The minimum atomic E-state index is 0.00886. The summed E-state index contributed by atoms with van der Waals surface area (Å²) < 4.78 is 2.27. The van der Waals surface area contributed by atoms with Crippen LogP contribution in [0.15, 0.2) is 64.6 Å². The zero-order valence-electron chi connectivity index (χ0n) is 11.8. The van der Waals surface area contributed by atoms with Gasteiger partial charge in [0.05, 0.1) is 5.52 Å². The Kier molecular flexibility index (Phi) is 2.30.